The first-order valence-electron chi connectivity index (χ1n) is 8.01. The summed E-state index contributed by atoms with van der Waals surface area (Å²) in [5, 5.41) is 2.73. The number of benzene rings is 1. The van der Waals surface area contributed by atoms with Crippen LogP contribution >= 0.6 is 0 Å². The highest BCUT2D eigenvalue weighted by atomic mass is 16.2. The third kappa shape index (κ3) is 4.01. The molecule has 3 rings (SSSR count). The predicted molar refractivity (Wildman–Crippen MR) is 97.9 cm³/mol. The van der Waals surface area contributed by atoms with Crippen LogP contribution in [0.4, 0.5) is 5.69 Å². The monoisotopic (exact) mass is 333 g/mol. The molecule has 3 aromatic rings. The summed E-state index contributed by atoms with van der Waals surface area (Å²) in [6.07, 6.45) is 4.95. The van der Waals surface area contributed by atoms with Crippen molar-refractivity contribution in [3.05, 3.63) is 93.7 Å². The van der Waals surface area contributed by atoms with E-state index in [2.05, 4.69) is 10.3 Å². The summed E-state index contributed by atoms with van der Waals surface area (Å²) in [5.41, 5.74) is 3.44. The number of anilines is 1. The molecule has 0 aliphatic rings. The Labute approximate surface area is 146 Å². The molecule has 0 radical (unpaired) electrons. The van der Waals surface area contributed by atoms with Gasteiger partial charge < -0.3 is 9.88 Å². The maximum Gasteiger partial charge on any atom is 0.263 e. The fourth-order valence-corrected chi connectivity index (χ4v) is 2.66. The lowest BCUT2D eigenvalue weighted by molar-refractivity contribution is 0.102. The molecule has 0 saturated heterocycles. The highest BCUT2D eigenvalue weighted by Gasteiger charge is 2.13. The van der Waals surface area contributed by atoms with Gasteiger partial charge in [0, 0.05) is 12.4 Å². The van der Waals surface area contributed by atoms with Crippen molar-refractivity contribution in [1.29, 1.82) is 0 Å². The van der Waals surface area contributed by atoms with E-state index in [1.807, 2.05) is 38.1 Å². The van der Waals surface area contributed by atoms with Gasteiger partial charge in [0.25, 0.3) is 11.5 Å². The van der Waals surface area contributed by atoms with Gasteiger partial charge >= 0.3 is 0 Å². The summed E-state index contributed by atoms with van der Waals surface area (Å²) in [6, 6.07) is 13.0. The van der Waals surface area contributed by atoms with E-state index >= 15 is 0 Å². The fourth-order valence-electron chi connectivity index (χ4n) is 2.66. The van der Waals surface area contributed by atoms with Crippen LogP contribution < -0.4 is 10.9 Å². The van der Waals surface area contributed by atoms with Crippen molar-refractivity contribution in [2.75, 3.05) is 5.32 Å². The number of carbonyl (C=O) groups is 1. The molecule has 126 valence electrons. The van der Waals surface area contributed by atoms with Crippen LogP contribution in [0.15, 0.2) is 65.8 Å². The lowest BCUT2D eigenvalue weighted by atomic mass is 10.1. The minimum absolute atomic E-state index is 0.108. The van der Waals surface area contributed by atoms with Gasteiger partial charge in [-0.05, 0) is 43.2 Å². The Morgan fingerprint density at radius 2 is 1.92 bits per heavy atom. The Hall–Kier alpha value is -3.21. The van der Waals surface area contributed by atoms with Crippen molar-refractivity contribution in [3.8, 4) is 0 Å². The second-order valence-electron chi connectivity index (χ2n) is 6.05. The second-order valence-corrected chi connectivity index (χ2v) is 6.05. The molecule has 0 bridgehead atoms. The molecule has 0 fully saturated rings. The molecule has 0 spiro atoms. The minimum atomic E-state index is -0.434. The minimum Gasteiger partial charge on any atom is -0.320 e. The number of nitrogens with zero attached hydrogens (tertiary/aromatic N) is 2. The largest absolute Gasteiger partial charge is 0.320 e. The summed E-state index contributed by atoms with van der Waals surface area (Å²) in [5.74, 6) is -0.434. The van der Waals surface area contributed by atoms with Crippen LogP contribution in [0.2, 0.25) is 0 Å². The lowest BCUT2D eigenvalue weighted by Crippen LogP contribution is -2.29. The van der Waals surface area contributed by atoms with Gasteiger partial charge in [-0.25, -0.2) is 0 Å². The zero-order valence-corrected chi connectivity index (χ0v) is 14.2. The van der Waals surface area contributed by atoms with Crippen LogP contribution in [0.5, 0.6) is 0 Å². The molecular weight excluding hydrogens is 314 g/mol. The van der Waals surface area contributed by atoms with Gasteiger partial charge in [-0.3, -0.25) is 14.6 Å². The number of pyridine rings is 2. The van der Waals surface area contributed by atoms with Gasteiger partial charge in [0.1, 0.15) is 5.56 Å². The molecule has 1 N–H and O–H groups in total. The molecule has 1 amide bonds. The van der Waals surface area contributed by atoms with Gasteiger partial charge in [0.2, 0.25) is 0 Å². The SMILES string of the molecule is Cc1cccc(Cn2cccc(C(=O)Nc3cncc(C)c3)c2=O)c1. The number of aromatic nitrogens is 2. The maximum absolute atomic E-state index is 12.6. The van der Waals surface area contributed by atoms with Gasteiger partial charge in [-0.15, -0.1) is 0 Å². The van der Waals surface area contributed by atoms with Crippen LogP contribution in [0.3, 0.4) is 0 Å². The normalized spacial score (nSPS) is 10.5. The molecule has 2 aromatic heterocycles. The molecule has 0 unspecified atom stereocenters. The quantitative estimate of drug-likeness (QED) is 0.798. The van der Waals surface area contributed by atoms with E-state index in [1.54, 1.807) is 30.7 Å². The topological polar surface area (TPSA) is 64.0 Å². The molecule has 0 aliphatic heterocycles. The number of amides is 1. The highest BCUT2D eigenvalue weighted by molar-refractivity contribution is 6.03. The zero-order valence-electron chi connectivity index (χ0n) is 14.2. The average Bonchev–Trinajstić information content (AvgIpc) is 2.57. The smallest absolute Gasteiger partial charge is 0.263 e. The average molecular weight is 333 g/mol. The number of hydrogen-bond donors (Lipinski definition) is 1. The Balaban J connectivity index is 1.85. The van der Waals surface area contributed by atoms with Crippen molar-refractivity contribution in [2.45, 2.75) is 20.4 Å². The molecular formula is C20H19N3O2. The molecule has 1 aromatic carbocycles. The van der Waals surface area contributed by atoms with E-state index in [4.69, 9.17) is 0 Å². The van der Waals surface area contributed by atoms with E-state index in [-0.39, 0.29) is 11.1 Å². The third-order valence-electron chi connectivity index (χ3n) is 3.83. The highest BCUT2D eigenvalue weighted by Crippen LogP contribution is 2.09. The van der Waals surface area contributed by atoms with Gasteiger partial charge in [0.05, 0.1) is 18.4 Å². The maximum atomic E-state index is 12.6. The Morgan fingerprint density at radius 3 is 2.68 bits per heavy atom. The van der Waals surface area contributed by atoms with Crippen LogP contribution in [-0.2, 0) is 6.54 Å². The Bertz CT molecular complexity index is 976. The van der Waals surface area contributed by atoms with Crippen molar-refractivity contribution in [3.63, 3.8) is 0 Å². The van der Waals surface area contributed by atoms with E-state index in [0.717, 1.165) is 16.7 Å². The number of rotatable bonds is 4. The molecule has 5 nitrogen and oxygen atoms in total. The summed E-state index contributed by atoms with van der Waals surface area (Å²) in [4.78, 5) is 29.1. The molecule has 25 heavy (non-hydrogen) atoms. The van der Waals surface area contributed by atoms with E-state index < -0.39 is 5.91 Å². The van der Waals surface area contributed by atoms with Crippen LogP contribution in [0.25, 0.3) is 0 Å². The van der Waals surface area contributed by atoms with Crippen molar-refractivity contribution < 1.29 is 4.79 Å². The summed E-state index contributed by atoms with van der Waals surface area (Å²) >= 11 is 0. The number of hydrogen-bond acceptors (Lipinski definition) is 3. The number of carbonyl (C=O) groups excluding carboxylic acids is 1. The molecule has 0 atom stereocenters. The first-order chi connectivity index (χ1) is 12.0. The van der Waals surface area contributed by atoms with Crippen molar-refractivity contribution >= 4 is 11.6 Å². The van der Waals surface area contributed by atoms with E-state index in [9.17, 15) is 9.59 Å². The number of aryl methyl sites for hydroxylation is 2. The van der Waals surface area contributed by atoms with E-state index in [0.29, 0.717) is 12.2 Å². The van der Waals surface area contributed by atoms with Crippen LogP contribution in [0.1, 0.15) is 27.0 Å². The van der Waals surface area contributed by atoms with Crippen LogP contribution in [-0.4, -0.2) is 15.5 Å². The van der Waals surface area contributed by atoms with Gasteiger partial charge in [0.15, 0.2) is 0 Å². The van der Waals surface area contributed by atoms with Crippen molar-refractivity contribution in [2.24, 2.45) is 0 Å². The van der Waals surface area contributed by atoms with Gasteiger partial charge in [-0.1, -0.05) is 29.8 Å². The molecule has 0 saturated carbocycles. The molecule has 2 heterocycles. The third-order valence-corrected chi connectivity index (χ3v) is 3.83. The van der Waals surface area contributed by atoms with Gasteiger partial charge in [-0.2, -0.15) is 0 Å². The Kier molecular flexibility index (Phi) is 4.75. The fraction of sp³-hybridized carbons (Fsp3) is 0.150. The number of nitrogens with one attached hydrogen (secondary N) is 1. The first-order valence-corrected chi connectivity index (χ1v) is 8.01. The second kappa shape index (κ2) is 7.13. The first kappa shape index (κ1) is 16.6. The summed E-state index contributed by atoms with van der Waals surface area (Å²) in [7, 11) is 0. The standard InChI is InChI=1S/C20H19N3O2/c1-14-5-3-6-16(9-14)13-23-8-4-7-18(20(23)25)19(24)22-17-10-15(2)11-21-12-17/h3-12H,13H2,1-2H3,(H,22,24). The summed E-state index contributed by atoms with van der Waals surface area (Å²) < 4.78 is 1.54. The van der Waals surface area contributed by atoms with E-state index in [1.165, 1.54) is 10.6 Å². The van der Waals surface area contributed by atoms with Crippen LogP contribution in [0, 0.1) is 13.8 Å². The molecule has 0 aliphatic carbocycles. The predicted octanol–water partition coefficient (Wildman–Crippen LogP) is 3.16. The zero-order chi connectivity index (χ0) is 17.8. The van der Waals surface area contributed by atoms with Crippen molar-refractivity contribution in [1.82, 2.24) is 9.55 Å². The molecule has 5 heteroatoms. The Morgan fingerprint density at radius 1 is 1.08 bits per heavy atom. The lowest BCUT2D eigenvalue weighted by Gasteiger charge is -2.09. The summed E-state index contributed by atoms with van der Waals surface area (Å²) in [6.45, 7) is 4.32.